The van der Waals surface area contributed by atoms with Gasteiger partial charge in [0.1, 0.15) is 5.75 Å². The summed E-state index contributed by atoms with van der Waals surface area (Å²) in [6.45, 7) is 12.6. The topological polar surface area (TPSA) is 100 Å². The minimum atomic E-state index is -1.47. The van der Waals surface area contributed by atoms with Crippen LogP contribution in [0.2, 0.25) is 0 Å². The number of hydrogen-bond donors (Lipinski definition) is 2. The third-order valence-corrected chi connectivity index (χ3v) is 7.59. The van der Waals surface area contributed by atoms with E-state index in [0.717, 1.165) is 42.8 Å². The van der Waals surface area contributed by atoms with E-state index in [4.69, 9.17) is 4.74 Å². The summed E-state index contributed by atoms with van der Waals surface area (Å²) in [5.74, 6) is 6.06. The molecule has 0 spiro atoms. The summed E-state index contributed by atoms with van der Waals surface area (Å²) < 4.78 is 5.26. The molecule has 3 amide bonds. The third-order valence-electron chi connectivity index (χ3n) is 7.59. The van der Waals surface area contributed by atoms with Gasteiger partial charge in [0.15, 0.2) is 11.3 Å². The molecule has 0 aliphatic carbocycles. The fraction of sp³-hybridized carbons (Fsp3) is 0.333. The number of nitrogens with one attached hydrogen (secondary N) is 2. The molecular weight excluding hydrogens is 552 g/mol. The summed E-state index contributed by atoms with van der Waals surface area (Å²) >= 11 is 0. The maximum Gasteiger partial charge on any atom is 0.323 e. The van der Waals surface area contributed by atoms with Crippen molar-refractivity contribution in [1.29, 1.82) is 0 Å². The molecule has 0 aromatic heterocycles. The van der Waals surface area contributed by atoms with Crippen molar-refractivity contribution in [3.05, 3.63) is 94.9 Å². The van der Waals surface area contributed by atoms with Crippen LogP contribution < -0.4 is 20.3 Å². The highest BCUT2D eigenvalue weighted by molar-refractivity contribution is 6.09. The summed E-state index contributed by atoms with van der Waals surface area (Å²) in [5.41, 5.74) is 5.94. The van der Waals surface area contributed by atoms with Gasteiger partial charge in [-0.2, -0.15) is 0 Å². The summed E-state index contributed by atoms with van der Waals surface area (Å²) in [6, 6.07) is 12.5. The van der Waals surface area contributed by atoms with Crippen molar-refractivity contribution >= 4 is 29.1 Å². The predicted molar refractivity (Wildman–Crippen MR) is 175 cm³/mol. The molecule has 1 unspecified atom stereocenters. The number of aliphatic imine (C=N–C) groups is 1. The van der Waals surface area contributed by atoms with Crippen LogP contribution in [-0.2, 0) is 11.2 Å². The Morgan fingerprint density at radius 3 is 2.43 bits per heavy atom. The van der Waals surface area contributed by atoms with Crippen LogP contribution in [0.3, 0.4) is 0 Å². The Hall–Kier alpha value is -4.90. The SMILES string of the molecule is C=C(Cc1ccc(OC)cc1C(C)=O)CC1(C#Cc2ccc(N3C=C(CC)CC(CCN=C(C)C)=C3)cc2)NC(=O)NC1=O. The molecule has 0 saturated carbocycles. The van der Waals surface area contributed by atoms with Gasteiger partial charge in [0.05, 0.1) is 7.11 Å². The van der Waals surface area contributed by atoms with E-state index in [1.807, 2.05) is 44.2 Å². The number of carbonyl (C=O) groups excluding carboxylic acids is 3. The van der Waals surface area contributed by atoms with Gasteiger partial charge in [0.2, 0.25) is 0 Å². The van der Waals surface area contributed by atoms with E-state index in [1.165, 1.54) is 18.1 Å². The molecule has 4 rings (SSSR count). The Labute approximate surface area is 260 Å². The number of ether oxygens (including phenoxy) is 1. The standard InChI is InChI=1S/C36H40N4O4/c1-7-27-19-29(15-17-37-24(2)3)23-40(22-27)31-11-8-28(9-12-31)14-16-36(34(42)38-35(43)39-36)21-25(4)18-30-10-13-32(44-6)20-33(30)26(5)41/h8-13,20,22-23H,4,7,15,17-19,21H2,1-3,5-6H3,(H2,38,39,42,43). The average molecular weight is 593 g/mol. The average Bonchev–Trinajstić information content (AvgIpc) is 3.27. The molecule has 44 heavy (non-hydrogen) atoms. The molecule has 0 bridgehead atoms. The molecule has 8 heteroatoms. The van der Waals surface area contributed by atoms with Crippen molar-refractivity contribution in [2.24, 2.45) is 4.99 Å². The van der Waals surface area contributed by atoms with Crippen LogP contribution in [0.15, 0.2) is 83.2 Å². The first kappa shape index (κ1) is 32.0. The van der Waals surface area contributed by atoms with Crippen molar-refractivity contribution in [1.82, 2.24) is 10.6 Å². The first-order valence-corrected chi connectivity index (χ1v) is 14.8. The number of hydrogen-bond acceptors (Lipinski definition) is 6. The van der Waals surface area contributed by atoms with Crippen LogP contribution in [0.25, 0.3) is 0 Å². The molecule has 8 nitrogen and oxygen atoms in total. The van der Waals surface area contributed by atoms with Gasteiger partial charge in [-0.25, -0.2) is 4.79 Å². The van der Waals surface area contributed by atoms with Crippen LogP contribution in [0.1, 0.15) is 74.9 Å². The highest BCUT2D eigenvalue weighted by Gasteiger charge is 2.45. The Balaban J connectivity index is 1.53. The number of ketones is 1. The Kier molecular flexibility index (Phi) is 10.2. The first-order valence-electron chi connectivity index (χ1n) is 14.8. The summed E-state index contributed by atoms with van der Waals surface area (Å²) in [4.78, 5) is 44.2. The van der Waals surface area contributed by atoms with Crippen LogP contribution in [-0.4, -0.2) is 42.6 Å². The van der Waals surface area contributed by atoms with E-state index in [1.54, 1.807) is 19.2 Å². The molecule has 2 aliphatic heterocycles. The normalized spacial score (nSPS) is 17.4. The molecule has 1 saturated heterocycles. The molecule has 228 valence electrons. The second-order valence-corrected chi connectivity index (χ2v) is 11.4. The van der Waals surface area contributed by atoms with Gasteiger partial charge >= 0.3 is 6.03 Å². The van der Waals surface area contributed by atoms with E-state index in [0.29, 0.717) is 28.9 Å². The van der Waals surface area contributed by atoms with Crippen molar-refractivity contribution in [2.45, 2.75) is 65.3 Å². The smallest absolute Gasteiger partial charge is 0.323 e. The van der Waals surface area contributed by atoms with E-state index < -0.39 is 17.5 Å². The minimum Gasteiger partial charge on any atom is -0.497 e. The lowest BCUT2D eigenvalue weighted by Gasteiger charge is -2.25. The lowest BCUT2D eigenvalue weighted by atomic mass is 9.87. The number of rotatable bonds is 11. The zero-order chi connectivity index (χ0) is 31.9. The Morgan fingerprint density at radius 1 is 1.09 bits per heavy atom. The number of nitrogens with zero attached hydrogens (tertiary/aromatic N) is 2. The lowest BCUT2D eigenvalue weighted by Crippen LogP contribution is -2.46. The van der Waals surface area contributed by atoms with Gasteiger partial charge in [-0.3, -0.25) is 19.9 Å². The number of amides is 3. The first-order chi connectivity index (χ1) is 21.0. The number of imide groups is 1. The number of Topliss-reactive ketones (excluding diaryl/α,β-unsaturated/α-hetero) is 1. The molecule has 0 radical (unpaired) electrons. The van der Waals surface area contributed by atoms with Crippen LogP contribution in [0, 0.1) is 11.8 Å². The Bertz CT molecular complexity index is 1620. The second-order valence-electron chi connectivity index (χ2n) is 11.4. The van der Waals surface area contributed by atoms with Crippen molar-refractivity contribution < 1.29 is 19.1 Å². The molecular formula is C36H40N4O4. The van der Waals surface area contributed by atoms with E-state index in [-0.39, 0.29) is 12.2 Å². The zero-order valence-electron chi connectivity index (χ0n) is 26.2. The van der Waals surface area contributed by atoms with Crippen LogP contribution in [0.5, 0.6) is 5.75 Å². The van der Waals surface area contributed by atoms with Crippen molar-refractivity contribution in [3.8, 4) is 17.6 Å². The molecule has 2 aliphatic rings. The highest BCUT2D eigenvalue weighted by Crippen LogP contribution is 2.29. The zero-order valence-corrected chi connectivity index (χ0v) is 26.2. The molecule has 2 aromatic carbocycles. The van der Waals surface area contributed by atoms with E-state index >= 15 is 0 Å². The minimum absolute atomic E-state index is 0.0899. The largest absolute Gasteiger partial charge is 0.497 e. The number of methoxy groups -OCH3 is 1. The van der Waals surface area contributed by atoms with Crippen molar-refractivity contribution in [3.63, 3.8) is 0 Å². The van der Waals surface area contributed by atoms with E-state index in [9.17, 15) is 14.4 Å². The van der Waals surface area contributed by atoms with Crippen LogP contribution in [0.4, 0.5) is 10.5 Å². The number of carbonyl (C=O) groups is 3. The van der Waals surface area contributed by atoms with Gasteiger partial charge in [0, 0.05) is 47.9 Å². The molecule has 2 aromatic rings. The van der Waals surface area contributed by atoms with Crippen LogP contribution >= 0.6 is 0 Å². The fourth-order valence-electron chi connectivity index (χ4n) is 5.27. The van der Waals surface area contributed by atoms with Gasteiger partial charge in [-0.1, -0.05) is 37.0 Å². The summed E-state index contributed by atoms with van der Waals surface area (Å²) in [6.07, 6.45) is 7.64. The monoisotopic (exact) mass is 592 g/mol. The second kappa shape index (κ2) is 14.0. The molecule has 2 heterocycles. The maximum atomic E-state index is 13.0. The van der Waals surface area contributed by atoms with Crippen molar-refractivity contribution in [2.75, 3.05) is 18.6 Å². The Morgan fingerprint density at radius 2 is 1.82 bits per heavy atom. The van der Waals surface area contributed by atoms with Gasteiger partial charge in [0.25, 0.3) is 5.91 Å². The number of anilines is 1. The van der Waals surface area contributed by atoms with Gasteiger partial charge in [-0.05, 0) is 99.6 Å². The maximum absolute atomic E-state index is 13.0. The quantitative estimate of drug-likeness (QED) is 0.105. The fourth-order valence-corrected chi connectivity index (χ4v) is 5.27. The van der Waals surface area contributed by atoms with Gasteiger partial charge < -0.3 is 15.0 Å². The third kappa shape index (κ3) is 7.93. The summed E-state index contributed by atoms with van der Waals surface area (Å²) in [5, 5.41) is 5.02. The van der Waals surface area contributed by atoms with Gasteiger partial charge in [-0.15, -0.1) is 0 Å². The molecule has 1 atom stereocenters. The summed E-state index contributed by atoms with van der Waals surface area (Å²) in [7, 11) is 1.54. The number of benzene rings is 2. The number of urea groups is 1. The molecule has 2 N–H and O–H groups in total. The lowest BCUT2D eigenvalue weighted by molar-refractivity contribution is -0.122. The predicted octanol–water partition coefficient (Wildman–Crippen LogP) is 6.28. The highest BCUT2D eigenvalue weighted by atomic mass is 16.5. The van der Waals surface area contributed by atoms with E-state index in [2.05, 4.69) is 58.3 Å². The molecule has 1 fully saturated rings. The number of allylic oxidation sites excluding steroid dienone is 1.